The van der Waals surface area contributed by atoms with Crippen LogP contribution in [0.1, 0.15) is 13.3 Å². The number of nitrogens with one attached hydrogen (secondary N) is 1. The number of nitrogen functional groups attached to an aromatic ring is 1. The van der Waals surface area contributed by atoms with Crippen molar-refractivity contribution in [3.63, 3.8) is 0 Å². The first-order chi connectivity index (χ1) is 7.45. The standard InChI is InChI=1S/C10H16N2O3S/c1-2-9(13)7-12-16(14,15)10-5-3-4-8(11)6-10/h3-6,9,12-13H,2,7,11H2,1H3. The number of hydrogen-bond donors (Lipinski definition) is 3. The molecule has 1 rings (SSSR count). The molecule has 1 atom stereocenters. The average molecular weight is 244 g/mol. The minimum atomic E-state index is -3.58. The van der Waals surface area contributed by atoms with Crippen molar-refractivity contribution in [1.29, 1.82) is 0 Å². The monoisotopic (exact) mass is 244 g/mol. The van der Waals surface area contributed by atoms with Crippen molar-refractivity contribution in [2.75, 3.05) is 12.3 Å². The van der Waals surface area contributed by atoms with Crippen LogP contribution in [0.2, 0.25) is 0 Å². The summed E-state index contributed by atoms with van der Waals surface area (Å²) in [5.74, 6) is 0. The first kappa shape index (κ1) is 13.0. The molecule has 0 aliphatic rings. The van der Waals surface area contributed by atoms with Crippen LogP contribution < -0.4 is 10.5 Å². The van der Waals surface area contributed by atoms with Gasteiger partial charge in [0.25, 0.3) is 0 Å². The second-order valence-electron chi connectivity index (χ2n) is 3.49. The highest BCUT2D eigenvalue weighted by Crippen LogP contribution is 2.12. The van der Waals surface area contributed by atoms with E-state index in [4.69, 9.17) is 5.73 Å². The number of aliphatic hydroxyl groups is 1. The maximum Gasteiger partial charge on any atom is 0.240 e. The smallest absolute Gasteiger partial charge is 0.240 e. The quantitative estimate of drug-likeness (QED) is 0.650. The third-order valence-electron chi connectivity index (χ3n) is 2.15. The number of aliphatic hydroxyl groups excluding tert-OH is 1. The molecule has 0 saturated carbocycles. The summed E-state index contributed by atoms with van der Waals surface area (Å²) in [7, 11) is -3.58. The van der Waals surface area contributed by atoms with Crippen molar-refractivity contribution >= 4 is 15.7 Å². The van der Waals surface area contributed by atoms with Gasteiger partial charge >= 0.3 is 0 Å². The van der Waals surface area contributed by atoms with Crippen molar-refractivity contribution in [2.24, 2.45) is 0 Å². The van der Waals surface area contributed by atoms with E-state index in [0.29, 0.717) is 12.1 Å². The molecule has 0 aliphatic heterocycles. The van der Waals surface area contributed by atoms with E-state index >= 15 is 0 Å². The van der Waals surface area contributed by atoms with Crippen LogP contribution in [0.4, 0.5) is 5.69 Å². The topological polar surface area (TPSA) is 92.4 Å². The Bertz CT molecular complexity index is 445. The van der Waals surface area contributed by atoms with Crippen LogP contribution in [0, 0.1) is 0 Å². The highest BCUT2D eigenvalue weighted by atomic mass is 32.2. The zero-order valence-electron chi connectivity index (χ0n) is 9.05. The van der Waals surface area contributed by atoms with Gasteiger partial charge in [0.2, 0.25) is 10.0 Å². The molecule has 90 valence electrons. The summed E-state index contributed by atoms with van der Waals surface area (Å²) < 4.78 is 25.8. The Kier molecular flexibility index (Phi) is 4.28. The van der Waals surface area contributed by atoms with Gasteiger partial charge in [-0.3, -0.25) is 0 Å². The first-order valence-corrected chi connectivity index (χ1v) is 6.47. The van der Waals surface area contributed by atoms with E-state index in [-0.39, 0.29) is 11.4 Å². The maximum absolute atomic E-state index is 11.7. The van der Waals surface area contributed by atoms with Gasteiger partial charge in [-0.15, -0.1) is 0 Å². The SMILES string of the molecule is CCC(O)CNS(=O)(=O)c1cccc(N)c1. The fraction of sp³-hybridized carbons (Fsp3) is 0.400. The lowest BCUT2D eigenvalue weighted by molar-refractivity contribution is 0.174. The zero-order chi connectivity index (χ0) is 12.2. The molecule has 16 heavy (non-hydrogen) atoms. The minimum Gasteiger partial charge on any atom is -0.399 e. The Morgan fingerprint density at radius 3 is 2.75 bits per heavy atom. The molecular weight excluding hydrogens is 228 g/mol. The van der Waals surface area contributed by atoms with Crippen LogP contribution in [-0.2, 0) is 10.0 Å². The number of rotatable bonds is 5. The highest BCUT2D eigenvalue weighted by Gasteiger charge is 2.14. The summed E-state index contributed by atoms with van der Waals surface area (Å²) in [6, 6.07) is 6.01. The van der Waals surface area contributed by atoms with E-state index in [1.807, 2.05) is 0 Å². The predicted molar refractivity (Wildman–Crippen MR) is 62.3 cm³/mol. The minimum absolute atomic E-state index is 0.00757. The van der Waals surface area contributed by atoms with E-state index in [0.717, 1.165) is 0 Å². The maximum atomic E-state index is 11.7. The van der Waals surface area contributed by atoms with Gasteiger partial charge in [-0.05, 0) is 24.6 Å². The molecule has 0 bridgehead atoms. The number of anilines is 1. The third kappa shape index (κ3) is 3.48. The fourth-order valence-electron chi connectivity index (χ4n) is 1.12. The van der Waals surface area contributed by atoms with E-state index in [1.54, 1.807) is 19.1 Å². The van der Waals surface area contributed by atoms with E-state index in [9.17, 15) is 13.5 Å². The lowest BCUT2D eigenvalue weighted by atomic mass is 10.3. The molecule has 0 aliphatic carbocycles. The van der Waals surface area contributed by atoms with Gasteiger partial charge in [0.1, 0.15) is 0 Å². The molecule has 0 heterocycles. The molecule has 5 nitrogen and oxygen atoms in total. The van der Waals surface area contributed by atoms with Gasteiger partial charge in [-0.2, -0.15) is 0 Å². The van der Waals surface area contributed by atoms with E-state index in [2.05, 4.69) is 4.72 Å². The second-order valence-corrected chi connectivity index (χ2v) is 5.25. The van der Waals surface area contributed by atoms with Crippen LogP contribution in [-0.4, -0.2) is 26.2 Å². The van der Waals surface area contributed by atoms with Crippen LogP contribution in [0.25, 0.3) is 0 Å². The van der Waals surface area contributed by atoms with Gasteiger partial charge in [-0.1, -0.05) is 13.0 Å². The van der Waals surface area contributed by atoms with Crippen molar-refractivity contribution in [3.8, 4) is 0 Å². The van der Waals surface area contributed by atoms with Crippen LogP contribution >= 0.6 is 0 Å². The summed E-state index contributed by atoms with van der Waals surface area (Å²) in [6.45, 7) is 1.78. The van der Waals surface area contributed by atoms with Crippen molar-refractivity contribution < 1.29 is 13.5 Å². The molecule has 6 heteroatoms. The molecule has 1 aromatic carbocycles. The molecule has 0 fully saturated rings. The summed E-state index contributed by atoms with van der Waals surface area (Å²) in [4.78, 5) is 0.107. The Morgan fingerprint density at radius 2 is 2.19 bits per heavy atom. The highest BCUT2D eigenvalue weighted by molar-refractivity contribution is 7.89. The van der Waals surface area contributed by atoms with Gasteiger partial charge in [-0.25, -0.2) is 13.1 Å². The molecule has 0 aromatic heterocycles. The number of benzene rings is 1. The molecule has 0 radical (unpaired) electrons. The van der Waals surface area contributed by atoms with Crippen LogP contribution in [0.15, 0.2) is 29.2 Å². The molecule has 0 spiro atoms. The summed E-state index contributed by atoms with van der Waals surface area (Å²) >= 11 is 0. The fourth-order valence-corrected chi connectivity index (χ4v) is 2.24. The Hall–Kier alpha value is -1.11. The van der Waals surface area contributed by atoms with E-state index < -0.39 is 16.1 Å². The molecule has 4 N–H and O–H groups in total. The molecule has 1 unspecified atom stereocenters. The molecular formula is C10H16N2O3S. The normalized spacial score (nSPS) is 13.6. The molecule has 0 saturated heterocycles. The van der Waals surface area contributed by atoms with E-state index in [1.165, 1.54) is 12.1 Å². The van der Waals surface area contributed by atoms with Gasteiger partial charge in [0.05, 0.1) is 11.0 Å². The first-order valence-electron chi connectivity index (χ1n) is 4.99. The summed E-state index contributed by atoms with van der Waals surface area (Å²) in [6.07, 6.45) is -0.171. The lowest BCUT2D eigenvalue weighted by Crippen LogP contribution is -2.31. The molecule has 0 amide bonds. The number of hydrogen-bond acceptors (Lipinski definition) is 4. The second kappa shape index (κ2) is 5.29. The molecule has 1 aromatic rings. The summed E-state index contributed by atoms with van der Waals surface area (Å²) in [5, 5.41) is 9.27. The van der Waals surface area contributed by atoms with Gasteiger partial charge < -0.3 is 10.8 Å². The average Bonchev–Trinajstić information content (AvgIpc) is 2.26. The summed E-state index contributed by atoms with van der Waals surface area (Å²) in [5.41, 5.74) is 5.88. The van der Waals surface area contributed by atoms with Crippen molar-refractivity contribution in [1.82, 2.24) is 4.72 Å². The van der Waals surface area contributed by atoms with Crippen LogP contribution in [0.5, 0.6) is 0 Å². The van der Waals surface area contributed by atoms with Crippen molar-refractivity contribution in [3.05, 3.63) is 24.3 Å². The van der Waals surface area contributed by atoms with Crippen molar-refractivity contribution in [2.45, 2.75) is 24.3 Å². The zero-order valence-corrected chi connectivity index (χ0v) is 9.87. The Balaban J connectivity index is 2.78. The Labute approximate surface area is 95.3 Å². The number of nitrogens with two attached hydrogens (primary N) is 1. The Morgan fingerprint density at radius 1 is 1.50 bits per heavy atom. The van der Waals surface area contributed by atoms with Crippen LogP contribution in [0.3, 0.4) is 0 Å². The van der Waals surface area contributed by atoms with Gasteiger partial charge in [0, 0.05) is 12.2 Å². The predicted octanol–water partition coefficient (Wildman–Crippen LogP) is 0.318. The number of sulfonamides is 1. The lowest BCUT2D eigenvalue weighted by Gasteiger charge is -2.10. The van der Waals surface area contributed by atoms with Gasteiger partial charge in [0.15, 0.2) is 0 Å². The largest absolute Gasteiger partial charge is 0.399 e. The third-order valence-corrected chi connectivity index (χ3v) is 3.57.